The number of nitrogen functional groups attached to an aromatic ring is 1. The molecule has 13 heteroatoms. The SMILES string of the molecule is CO[C@@H]1[C@H](OC)[C@@H](COP(=O)(O)O)O[C@H]1n1cnc2c(N)ncnc21. The summed E-state index contributed by atoms with van der Waals surface area (Å²) < 4.78 is 33.8. The molecular weight excluding hydrogens is 357 g/mol. The average Bonchev–Trinajstić information content (AvgIpc) is 3.13. The molecule has 1 fully saturated rings. The number of ether oxygens (including phenoxy) is 3. The fourth-order valence-corrected chi connectivity index (χ4v) is 3.17. The van der Waals surface area contributed by atoms with Gasteiger partial charge >= 0.3 is 7.82 Å². The van der Waals surface area contributed by atoms with Gasteiger partial charge in [-0.15, -0.1) is 0 Å². The Morgan fingerprint density at radius 2 is 2.00 bits per heavy atom. The van der Waals surface area contributed by atoms with Crippen LogP contribution >= 0.6 is 7.82 Å². The van der Waals surface area contributed by atoms with Crippen molar-refractivity contribution in [2.24, 2.45) is 0 Å². The van der Waals surface area contributed by atoms with E-state index in [0.717, 1.165) is 0 Å². The molecule has 138 valence electrons. The van der Waals surface area contributed by atoms with Crippen molar-refractivity contribution in [3.05, 3.63) is 12.7 Å². The van der Waals surface area contributed by atoms with E-state index in [9.17, 15) is 4.57 Å². The number of phosphoric acid groups is 1. The second kappa shape index (κ2) is 6.92. The van der Waals surface area contributed by atoms with Crippen LogP contribution in [0.15, 0.2) is 12.7 Å². The number of imidazole rings is 1. The molecule has 1 aliphatic rings. The number of anilines is 1. The van der Waals surface area contributed by atoms with Gasteiger partial charge in [0.2, 0.25) is 0 Å². The first-order valence-electron chi connectivity index (χ1n) is 7.20. The second-order valence-corrected chi connectivity index (χ2v) is 6.57. The van der Waals surface area contributed by atoms with Crippen molar-refractivity contribution in [3.63, 3.8) is 0 Å². The maximum absolute atomic E-state index is 11.0. The Balaban J connectivity index is 1.92. The average molecular weight is 375 g/mol. The maximum atomic E-state index is 11.0. The first-order chi connectivity index (χ1) is 11.9. The van der Waals surface area contributed by atoms with Crippen LogP contribution in [0.1, 0.15) is 6.23 Å². The van der Waals surface area contributed by atoms with E-state index in [1.807, 2.05) is 0 Å². The largest absolute Gasteiger partial charge is 0.469 e. The molecule has 0 spiro atoms. The highest BCUT2D eigenvalue weighted by atomic mass is 31.2. The number of rotatable bonds is 6. The molecule has 3 heterocycles. The van der Waals surface area contributed by atoms with Crippen LogP contribution in [0.4, 0.5) is 5.82 Å². The Morgan fingerprint density at radius 1 is 1.28 bits per heavy atom. The molecule has 0 unspecified atom stereocenters. The summed E-state index contributed by atoms with van der Waals surface area (Å²) in [5, 5.41) is 0. The zero-order chi connectivity index (χ0) is 18.2. The van der Waals surface area contributed by atoms with Crippen LogP contribution in [0.2, 0.25) is 0 Å². The van der Waals surface area contributed by atoms with Crippen molar-refractivity contribution in [2.75, 3.05) is 26.6 Å². The molecule has 0 amide bonds. The first-order valence-corrected chi connectivity index (χ1v) is 8.73. The molecular formula is C12H18N5O7P. The molecule has 0 aromatic carbocycles. The summed E-state index contributed by atoms with van der Waals surface area (Å²) in [5.41, 5.74) is 6.62. The fourth-order valence-electron chi connectivity index (χ4n) is 2.83. The quantitative estimate of drug-likeness (QED) is 0.555. The zero-order valence-corrected chi connectivity index (χ0v) is 14.3. The smallest absolute Gasteiger partial charge is 0.382 e. The third-order valence-electron chi connectivity index (χ3n) is 3.90. The normalized spacial score (nSPS) is 27.2. The lowest BCUT2D eigenvalue weighted by molar-refractivity contribution is -0.0578. The highest BCUT2D eigenvalue weighted by Crippen LogP contribution is 2.40. The van der Waals surface area contributed by atoms with Crippen LogP contribution in [-0.4, -0.2) is 68.4 Å². The van der Waals surface area contributed by atoms with E-state index in [1.165, 1.54) is 26.9 Å². The van der Waals surface area contributed by atoms with Crippen LogP contribution in [0.5, 0.6) is 0 Å². The van der Waals surface area contributed by atoms with Gasteiger partial charge in [-0.3, -0.25) is 9.09 Å². The zero-order valence-electron chi connectivity index (χ0n) is 13.4. The highest BCUT2D eigenvalue weighted by molar-refractivity contribution is 7.46. The molecule has 0 bridgehead atoms. The highest BCUT2D eigenvalue weighted by Gasteiger charge is 2.47. The summed E-state index contributed by atoms with van der Waals surface area (Å²) in [7, 11) is -1.72. The first kappa shape index (κ1) is 18.1. The van der Waals surface area contributed by atoms with Crippen LogP contribution in [0.25, 0.3) is 11.2 Å². The van der Waals surface area contributed by atoms with Crippen molar-refractivity contribution in [2.45, 2.75) is 24.5 Å². The van der Waals surface area contributed by atoms with Crippen molar-refractivity contribution in [1.29, 1.82) is 0 Å². The van der Waals surface area contributed by atoms with Crippen LogP contribution in [0, 0.1) is 0 Å². The van der Waals surface area contributed by atoms with Gasteiger partial charge in [-0.2, -0.15) is 0 Å². The molecule has 2 aromatic heterocycles. The molecule has 25 heavy (non-hydrogen) atoms. The predicted octanol–water partition coefficient (Wildman–Crippen LogP) is -0.555. The van der Waals surface area contributed by atoms with Crippen molar-refractivity contribution < 1.29 is 33.1 Å². The van der Waals surface area contributed by atoms with Gasteiger partial charge < -0.3 is 29.7 Å². The minimum absolute atomic E-state index is 0.223. The minimum atomic E-state index is -4.64. The lowest BCUT2D eigenvalue weighted by Gasteiger charge is -2.22. The number of nitrogens with zero attached hydrogens (tertiary/aromatic N) is 4. The number of hydrogen-bond acceptors (Lipinski definition) is 9. The Morgan fingerprint density at radius 3 is 2.64 bits per heavy atom. The Hall–Kier alpha value is -1.66. The van der Waals surface area contributed by atoms with Gasteiger partial charge in [0, 0.05) is 14.2 Å². The summed E-state index contributed by atoms with van der Waals surface area (Å²) in [6.07, 6.45) is 0.0751. The van der Waals surface area contributed by atoms with Crippen molar-refractivity contribution in [3.8, 4) is 0 Å². The minimum Gasteiger partial charge on any atom is -0.382 e. The molecule has 1 aliphatic heterocycles. The third kappa shape index (κ3) is 3.51. The number of hydrogen-bond donors (Lipinski definition) is 3. The van der Waals surface area contributed by atoms with Crippen molar-refractivity contribution >= 4 is 24.8 Å². The number of methoxy groups -OCH3 is 2. The summed E-state index contributed by atoms with van der Waals surface area (Å²) in [4.78, 5) is 30.0. The van der Waals surface area contributed by atoms with Gasteiger partial charge in [0.25, 0.3) is 0 Å². The van der Waals surface area contributed by atoms with Crippen LogP contribution in [-0.2, 0) is 23.3 Å². The van der Waals surface area contributed by atoms with Crippen LogP contribution in [0.3, 0.4) is 0 Å². The molecule has 2 aromatic rings. The third-order valence-corrected chi connectivity index (χ3v) is 4.38. The summed E-state index contributed by atoms with van der Waals surface area (Å²) in [5.74, 6) is 0.223. The number of nitrogens with two attached hydrogens (primary N) is 1. The van der Waals surface area contributed by atoms with E-state index in [-0.39, 0.29) is 12.4 Å². The molecule has 0 saturated carbocycles. The van der Waals surface area contributed by atoms with Gasteiger partial charge in [-0.25, -0.2) is 19.5 Å². The molecule has 0 radical (unpaired) electrons. The second-order valence-electron chi connectivity index (χ2n) is 5.34. The molecule has 4 atom stereocenters. The van der Waals surface area contributed by atoms with Gasteiger partial charge in [0.1, 0.15) is 30.2 Å². The van der Waals surface area contributed by atoms with Crippen molar-refractivity contribution in [1.82, 2.24) is 19.5 Å². The molecule has 4 N–H and O–H groups in total. The predicted molar refractivity (Wildman–Crippen MR) is 83.2 cm³/mol. The molecule has 12 nitrogen and oxygen atoms in total. The lowest BCUT2D eigenvalue weighted by Crippen LogP contribution is -2.36. The summed E-state index contributed by atoms with van der Waals surface area (Å²) >= 11 is 0. The van der Waals surface area contributed by atoms with Crippen LogP contribution < -0.4 is 5.73 Å². The lowest BCUT2D eigenvalue weighted by atomic mass is 10.1. The van der Waals surface area contributed by atoms with Gasteiger partial charge in [-0.1, -0.05) is 0 Å². The Labute approximate surface area is 142 Å². The van der Waals surface area contributed by atoms with Gasteiger partial charge in [0.05, 0.1) is 12.9 Å². The number of phosphoric ester groups is 1. The fraction of sp³-hybridized carbons (Fsp3) is 0.583. The van der Waals surface area contributed by atoms with E-state index in [4.69, 9.17) is 29.7 Å². The van der Waals surface area contributed by atoms with E-state index >= 15 is 0 Å². The van der Waals surface area contributed by atoms with E-state index in [1.54, 1.807) is 4.57 Å². The number of aromatic nitrogens is 4. The standard InChI is InChI=1S/C12H18N5O7P/c1-21-8-6(3-23-25(18,19)20)24-12(9(8)22-2)17-5-16-7-10(13)14-4-15-11(7)17/h4-6,8-9,12H,3H2,1-2H3,(H2,13,14,15)(H2,18,19,20)/t6-,8-,9-,12-/m1/s1. The monoisotopic (exact) mass is 375 g/mol. The van der Waals surface area contributed by atoms with E-state index in [2.05, 4.69) is 19.5 Å². The summed E-state index contributed by atoms with van der Waals surface area (Å²) in [6, 6.07) is 0. The van der Waals surface area contributed by atoms with Gasteiger partial charge in [0.15, 0.2) is 17.7 Å². The summed E-state index contributed by atoms with van der Waals surface area (Å²) in [6.45, 7) is -0.372. The van der Waals surface area contributed by atoms with E-state index in [0.29, 0.717) is 11.2 Å². The Kier molecular flexibility index (Phi) is 5.02. The van der Waals surface area contributed by atoms with Gasteiger partial charge in [-0.05, 0) is 0 Å². The number of fused-ring (bicyclic) bond motifs is 1. The Bertz CT molecular complexity index is 795. The molecule has 0 aliphatic carbocycles. The molecule has 3 rings (SSSR count). The van der Waals surface area contributed by atoms with E-state index < -0.39 is 32.4 Å². The maximum Gasteiger partial charge on any atom is 0.469 e. The molecule has 1 saturated heterocycles. The topological polar surface area (TPSA) is 164 Å².